The highest BCUT2D eigenvalue weighted by atomic mass is 16.5. The lowest BCUT2D eigenvalue weighted by Crippen LogP contribution is -2.01. The lowest BCUT2D eigenvalue weighted by Gasteiger charge is -2.15. The van der Waals surface area contributed by atoms with E-state index in [9.17, 15) is 0 Å². The lowest BCUT2D eigenvalue weighted by molar-refractivity contribution is 0.292. The van der Waals surface area contributed by atoms with Crippen LogP contribution in [0.3, 0.4) is 0 Å². The summed E-state index contributed by atoms with van der Waals surface area (Å²) in [5.74, 6) is 0.681. The smallest absolute Gasteiger partial charge is 0.217 e. The number of benzene rings is 3. The highest BCUT2D eigenvalue weighted by molar-refractivity contribution is 5.75. The molecule has 0 N–H and O–H groups in total. The predicted molar refractivity (Wildman–Crippen MR) is 115 cm³/mol. The van der Waals surface area contributed by atoms with Crippen LogP contribution >= 0.6 is 0 Å². The summed E-state index contributed by atoms with van der Waals surface area (Å²) in [5.41, 5.74) is 7.76. The Hall–Kier alpha value is -3.39. The minimum absolute atomic E-state index is 0.500. The van der Waals surface area contributed by atoms with Gasteiger partial charge in [-0.1, -0.05) is 90.5 Å². The van der Waals surface area contributed by atoms with Crippen LogP contribution in [0.1, 0.15) is 16.7 Å². The predicted octanol–water partition coefficient (Wildman–Crippen LogP) is 6.61. The van der Waals surface area contributed by atoms with E-state index in [-0.39, 0.29) is 0 Å². The minimum Gasteiger partial charge on any atom is -0.473 e. The molecule has 0 aliphatic rings. The number of hydrogen-bond donors (Lipinski definition) is 0. The highest BCUT2D eigenvalue weighted by Gasteiger charge is 2.13. The van der Waals surface area contributed by atoms with Crippen LogP contribution in [0.15, 0.2) is 91.0 Å². The third-order valence-corrected chi connectivity index (χ3v) is 4.88. The fourth-order valence-corrected chi connectivity index (χ4v) is 3.24. The Labute approximate surface area is 166 Å². The Balaban J connectivity index is 1.77. The molecular formula is C26H23NO. The average molecular weight is 365 g/mol. The highest BCUT2D eigenvalue weighted by Crippen LogP contribution is 2.33. The van der Waals surface area contributed by atoms with Gasteiger partial charge in [-0.05, 0) is 36.6 Å². The van der Waals surface area contributed by atoms with E-state index in [1.54, 1.807) is 0 Å². The van der Waals surface area contributed by atoms with Crippen molar-refractivity contribution >= 4 is 0 Å². The topological polar surface area (TPSA) is 22.1 Å². The summed E-state index contributed by atoms with van der Waals surface area (Å²) in [6.45, 7) is 4.69. The molecule has 0 fully saturated rings. The summed E-state index contributed by atoms with van der Waals surface area (Å²) in [6.07, 6.45) is 0. The molecule has 2 heteroatoms. The van der Waals surface area contributed by atoms with E-state index in [0.717, 1.165) is 27.9 Å². The minimum atomic E-state index is 0.500. The van der Waals surface area contributed by atoms with Gasteiger partial charge in [-0.15, -0.1) is 0 Å². The van der Waals surface area contributed by atoms with Gasteiger partial charge in [0.2, 0.25) is 5.88 Å². The number of nitrogens with zero attached hydrogens (tertiary/aromatic N) is 1. The first kappa shape index (κ1) is 18.0. The molecular weight excluding hydrogens is 342 g/mol. The van der Waals surface area contributed by atoms with Crippen molar-refractivity contribution in [1.82, 2.24) is 4.98 Å². The Morgan fingerprint density at radius 2 is 1.36 bits per heavy atom. The summed E-state index contributed by atoms with van der Waals surface area (Å²) in [5, 5.41) is 0. The summed E-state index contributed by atoms with van der Waals surface area (Å²) >= 11 is 0. The number of pyridine rings is 1. The molecule has 4 rings (SSSR count). The van der Waals surface area contributed by atoms with Gasteiger partial charge >= 0.3 is 0 Å². The van der Waals surface area contributed by atoms with Gasteiger partial charge in [-0.3, -0.25) is 0 Å². The largest absolute Gasteiger partial charge is 0.473 e. The zero-order chi connectivity index (χ0) is 19.3. The molecule has 0 radical (unpaired) electrons. The Morgan fingerprint density at radius 3 is 2.04 bits per heavy atom. The second-order valence-corrected chi connectivity index (χ2v) is 6.99. The van der Waals surface area contributed by atoms with Crippen molar-refractivity contribution in [2.45, 2.75) is 20.5 Å². The molecule has 0 unspecified atom stereocenters. The maximum Gasteiger partial charge on any atom is 0.217 e. The van der Waals surface area contributed by atoms with Gasteiger partial charge in [0.05, 0.1) is 5.69 Å². The van der Waals surface area contributed by atoms with Crippen LogP contribution in [0.25, 0.3) is 22.4 Å². The van der Waals surface area contributed by atoms with Gasteiger partial charge in [-0.25, -0.2) is 4.98 Å². The Kier molecular flexibility index (Phi) is 5.20. The third kappa shape index (κ3) is 3.96. The van der Waals surface area contributed by atoms with Crippen LogP contribution in [-0.4, -0.2) is 4.98 Å². The van der Waals surface area contributed by atoms with Gasteiger partial charge in [0, 0.05) is 11.1 Å². The van der Waals surface area contributed by atoms with E-state index in [0.29, 0.717) is 12.5 Å². The molecule has 3 aromatic carbocycles. The summed E-state index contributed by atoms with van der Waals surface area (Å²) < 4.78 is 6.16. The fourth-order valence-electron chi connectivity index (χ4n) is 3.24. The van der Waals surface area contributed by atoms with Crippen molar-refractivity contribution in [1.29, 1.82) is 0 Å². The molecule has 0 saturated heterocycles. The SMILES string of the molecule is Cc1ccc(-c2cc(-c3ccccc3)nc(OCc3ccccc3)c2C)cc1. The van der Waals surface area contributed by atoms with Gasteiger partial charge in [0.15, 0.2) is 0 Å². The van der Waals surface area contributed by atoms with E-state index in [2.05, 4.69) is 68.4 Å². The standard InChI is InChI=1S/C26H23NO/c1-19-13-15-22(16-14-19)24-17-25(23-11-7-4-8-12-23)27-26(20(24)2)28-18-21-9-5-3-6-10-21/h3-17H,18H2,1-2H3. The molecule has 0 amide bonds. The van der Waals surface area contributed by atoms with Crippen LogP contribution in [0.4, 0.5) is 0 Å². The molecule has 0 aliphatic carbocycles. The molecule has 2 nitrogen and oxygen atoms in total. The monoisotopic (exact) mass is 365 g/mol. The third-order valence-electron chi connectivity index (χ3n) is 4.88. The second-order valence-electron chi connectivity index (χ2n) is 6.99. The van der Waals surface area contributed by atoms with Crippen molar-refractivity contribution in [2.24, 2.45) is 0 Å². The fraction of sp³-hybridized carbons (Fsp3) is 0.115. The van der Waals surface area contributed by atoms with E-state index < -0.39 is 0 Å². The molecule has 0 bridgehead atoms. The normalized spacial score (nSPS) is 10.6. The molecule has 1 aromatic heterocycles. The van der Waals surface area contributed by atoms with Crippen LogP contribution in [-0.2, 0) is 6.61 Å². The lowest BCUT2D eigenvalue weighted by atomic mass is 9.98. The van der Waals surface area contributed by atoms with E-state index in [1.807, 2.05) is 36.4 Å². The summed E-state index contributed by atoms with van der Waals surface area (Å²) in [7, 11) is 0. The molecule has 0 atom stereocenters. The van der Waals surface area contributed by atoms with Crippen LogP contribution in [0.2, 0.25) is 0 Å². The van der Waals surface area contributed by atoms with Crippen molar-refractivity contribution in [3.8, 4) is 28.3 Å². The number of hydrogen-bond acceptors (Lipinski definition) is 2. The maximum absolute atomic E-state index is 6.16. The molecule has 1 heterocycles. The number of aromatic nitrogens is 1. The van der Waals surface area contributed by atoms with Gasteiger partial charge < -0.3 is 4.74 Å². The first-order valence-electron chi connectivity index (χ1n) is 9.51. The first-order valence-corrected chi connectivity index (χ1v) is 9.51. The van der Waals surface area contributed by atoms with Crippen LogP contribution < -0.4 is 4.74 Å². The van der Waals surface area contributed by atoms with Crippen molar-refractivity contribution < 1.29 is 4.74 Å². The molecule has 4 aromatic rings. The van der Waals surface area contributed by atoms with Crippen molar-refractivity contribution in [3.05, 3.63) is 108 Å². The molecule has 138 valence electrons. The number of aryl methyl sites for hydroxylation is 1. The van der Waals surface area contributed by atoms with Gasteiger partial charge in [-0.2, -0.15) is 0 Å². The van der Waals surface area contributed by atoms with Crippen molar-refractivity contribution in [2.75, 3.05) is 0 Å². The number of ether oxygens (including phenoxy) is 1. The van der Waals surface area contributed by atoms with E-state index >= 15 is 0 Å². The molecule has 28 heavy (non-hydrogen) atoms. The Bertz CT molecular complexity index is 1050. The van der Waals surface area contributed by atoms with Gasteiger partial charge in [0.25, 0.3) is 0 Å². The zero-order valence-corrected chi connectivity index (χ0v) is 16.2. The molecule has 0 spiro atoms. The summed E-state index contributed by atoms with van der Waals surface area (Å²) in [4.78, 5) is 4.84. The van der Waals surface area contributed by atoms with Crippen LogP contribution in [0, 0.1) is 13.8 Å². The number of rotatable bonds is 5. The summed E-state index contributed by atoms with van der Waals surface area (Å²) in [6, 6.07) is 31.2. The van der Waals surface area contributed by atoms with E-state index in [1.165, 1.54) is 11.1 Å². The second kappa shape index (κ2) is 8.10. The molecule has 0 aliphatic heterocycles. The first-order chi connectivity index (χ1) is 13.7. The van der Waals surface area contributed by atoms with Gasteiger partial charge in [0.1, 0.15) is 6.61 Å². The maximum atomic E-state index is 6.16. The van der Waals surface area contributed by atoms with Crippen molar-refractivity contribution in [3.63, 3.8) is 0 Å². The quantitative estimate of drug-likeness (QED) is 0.397. The van der Waals surface area contributed by atoms with E-state index in [4.69, 9.17) is 9.72 Å². The Morgan fingerprint density at radius 1 is 0.714 bits per heavy atom. The average Bonchev–Trinajstić information content (AvgIpc) is 2.75. The van der Waals surface area contributed by atoms with Crippen LogP contribution in [0.5, 0.6) is 5.88 Å². The zero-order valence-electron chi connectivity index (χ0n) is 16.2. The molecule has 0 saturated carbocycles.